The van der Waals surface area contributed by atoms with Gasteiger partial charge in [-0.25, -0.2) is 19.7 Å². The molecule has 3 rings (SSSR count). The lowest BCUT2D eigenvalue weighted by atomic mass is 10.0. The predicted molar refractivity (Wildman–Crippen MR) is 64.2 cm³/mol. The van der Waals surface area contributed by atoms with Gasteiger partial charge in [0.2, 0.25) is 0 Å². The van der Waals surface area contributed by atoms with Crippen LogP contribution in [0.15, 0.2) is 6.33 Å². The van der Waals surface area contributed by atoms with Crippen LogP contribution in [0.5, 0.6) is 0 Å². The number of rotatable bonds is 2. The van der Waals surface area contributed by atoms with Gasteiger partial charge in [-0.2, -0.15) is 5.10 Å². The fourth-order valence-corrected chi connectivity index (χ4v) is 2.04. The Balaban J connectivity index is 2.16. The fourth-order valence-electron chi connectivity index (χ4n) is 2.04. The summed E-state index contributed by atoms with van der Waals surface area (Å²) in [5.41, 5.74) is 1.95. The molecule has 0 atom stereocenters. The third-order valence-corrected chi connectivity index (χ3v) is 2.94. The van der Waals surface area contributed by atoms with Crippen LogP contribution in [0, 0.1) is 0 Å². The van der Waals surface area contributed by atoms with E-state index in [2.05, 4.69) is 30.5 Å². The zero-order valence-electron chi connectivity index (χ0n) is 10.3. The number of hydrogen-bond donors (Lipinski definition) is 2. The van der Waals surface area contributed by atoms with Gasteiger partial charge in [0.05, 0.1) is 12.8 Å². The minimum Gasteiger partial charge on any atom is -0.464 e. The molecule has 0 radical (unpaired) electrons. The average Bonchev–Trinajstić information content (AvgIpc) is 2.99. The van der Waals surface area contributed by atoms with Crippen molar-refractivity contribution in [3.05, 3.63) is 23.3 Å². The van der Waals surface area contributed by atoms with E-state index in [9.17, 15) is 4.79 Å². The lowest BCUT2D eigenvalue weighted by molar-refractivity contribution is 0.0592. The highest BCUT2D eigenvalue weighted by Gasteiger charge is 2.23. The van der Waals surface area contributed by atoms with Crippen molar-refractivity contribution in [1.29, 1.82) is 0 Å². The second-order valence-corrected chi connectivity index (χ2v) is 4.07. The molecule has 0 saturated carbocycles. The van der Waals surface area contributed by atoms with E-state index in [1.807, 2.05) is 0 Å². The molecule has 0 unspecified atom stereocenters. The molecule has 0 aliphatic carbocycles. The van der Waals surface area contributed by atoms with Gasteiger partial charge in [0.25, 0.3) is 0 Å². The van der Waals surface area contributed by atoms with Crippen LogP contribution in [0.2, 0.25) is 0 Å². The molecule has 1 aliphatic heterocycles. The van der Waals surface area contributed by atoms with Crippen molar-refractivity contribution in [3.8, 4) is 11.6 Å². The van der Waals surface area contributed by atoms with Crippen molar-refractivity contribution < 1.29 is 9.53 Å². The van der Waals surface area contributed by atoms with Gasteiger partial charge in [0.1, 0.15) is 6.33 Å². The van der Waals surface area contributed by atoms with E-state index in [1.165, 1.54) is 13.4 Å². The summed E-state index contributed by atoms with van der Waals surface area (Å²) in [7, 11) is 1.34. The second kappa shape index (κ2) is 4.73. The van der Waals surface area contributed by atoms with Crippen LogP contribution in [0.3, 0.4) is 0 Å². The molecule has 19 heavy (non-hydrogen) atoms. The standard InChI is InChI=1S/C11H12N6O2/c1-19-11(18)8-6-2-3-12-4-7(6)15-10(16-8)9-13-5-14-17-9/h5,12H,2-4H2,1H3,(H,13,14,17). The van der Waals surface area contributed by atoms with E-state index < -0.39 is 5.97 Å². The highest BCUT2D eigenvalue weighted by atomic mass is 16.5. The average molecular weight is 260 g/mol. The molecule has 0 saturated heterocycles. The number of H-pyrrole nitrogens is 1. The molecule has 0 spiro atoms. The molecular weight excluding hydrogens is 248 g/mol. The number of carbonyl (C=O) groups excluding carboxylic acids is 1. The van der Waals surface area contributed by atoms with Crippen LogP contribution < -0.4 is 5.32 Å². The normalized spacial score (nSPS) is 13.9. The molecule has 0 aromatic carbocycles. The third-order valence-electron chi connectivity index (χ3n) is 2.94. The summed E-state index contributed by atoms with van der Waals surface area (Å²) in [6.45, 7) is 1.39. The minimum atomic E-state index is -0.457. The molecule has 8 heteroatoms. The largest absolute Gasteiger partial charge is 0.464 e. The van der Waals surface area contributed by atoms with E-state index in [1.54, 1.807) is 0 Å². The van der Waals surface area contributed by atoms with Gasteiger partial charge >= 0.3 is 5.97 Å². The predicted octanol–water partition coefficient (Wildman–Crippen LogP) is -0.306. The highest BCUT2D eigenvalue weighted by molar-refractivity contribution is 5.89. The number of ether oxygens (including phenoxy) is 1. The fraction of sp³-hybridized carbons (Fsp3) is 0.364. The van der Waals surface area contributed by atoms with E-state index in [0.717, 1.165) is 17.8 Å². The van der Waals surface area contributed by atoms with E-state index in [4.69, 9.17) is 4.74 Å². The van der Waals surface area contributed by atoms with Crippen molar-refractivity contribution in [3.63, 3.8) is 0 Å². The van der Waals surface area contributed by atoms with Gasteiger partial charge < -0.3 is 10.1 Å². The maximum atomic E-state index is 11.8. The van der Waals surface area contributed by atoms with E-state index >= 15 is 0 Å². The first kappa shape index (κ1) is 11.7. The first-order chi connectivity index (χ1) is 9.29. The summed E-state index contributed by atoms with van der Waals surface area (Å²) in [5.74, 6) is 0.320. The number of carbonyl (C=O) groups is 1. The first-order valence-corrected chi connectivity index (χ1v) is 5.84. The van der Waals surface area contributed by atoms with E-state index in [-0.39, 0.29) is 0 Å². The lowest BCUT2D eigenvalue weighted by Gasteiger charge is -2.18. The number of hydrogen-bond acceptors (Lipinski definition) is 7. The van der Waals surface area contributed by atoms with Crippen molar-refractivity contribution >= 4 is 5.97 Å². The maximum absolute atomic E-state index is 11.8. The first-order valence-electron chi connectivity index (χ1n) is 5.84. The van der Waals surface area contributed by atoms with Gasteiger partial charge in [-0.15, -0.1) is 0 Å². The van der Waals surface area contributed by atoms with Crippen molar-refractivity contribution in [2.45, 2.75) is 13.0 Å². The lowest BCUT2D eigenvalue weighted by Crippen LogP contribution is -2.28. The number of aromatic nitrogens is 5. The monoisotopic (exact) mass is 260 g/mol. The molecule has 1 aliphatic rings. The Bertz CT molecular complexity index is 610. The maximum Gasteiger partial charge on any atom is 0.357 e. The summed E-state index contributed by atoms with van der Waals surface area (Å²) >= 11 is 0. The molecule has 2 aromatic rings. The molecular formula is C11H12N6O2. The van der Waals surface area contributed by atoms with Crippen molar-refractivity contribution in [2.75, 3.05) is 13.7 Å². The number of fused-ring (bicyclic) bond motifs is 1. The number of nitrogens with one attached hydrogen (secondary N) is 2. The van der Waals surface area contributed by atoms with E-state index in [0.29, 0.717) is 30.3 Å². The van der Waals surface area contributed by atoms with Crippen LogP contribution in [0.1, 0.15) is 21.7 Å². The van der Waals surface area contributed by atoms with Gasteiger partial charge in [-0.05, 0) is 13.0 Å². The Morgan fingerprint density at radius 2 is 2.32 bits per heavy atom. The number of methoxy groups -OCH3 is 1. The summed E-state index contributed by atoms with van der Waals surface area (Å²) in [6.07, 6.45) is 2.07. The third kappa shape index (κ3) is 2.06. The SMILES string of the molecule is COC(=O)c1nc(-c2ncn[nH]2)nc2c1CCNC2. The van der Waals surface area contributed by atoms with Crippen LogP contribution >= 0.6 is 0 Å². The smallest absolute Gasteiger partial charge is 0.357 e. The number of esters is 1. The van der Waals surface area contributed by atoms with Crippen molar-refractivity contribution in [1.82, 2.24) is 30.5 Å². The number of aromatic amines is 1. The topological polar surface area (TPSA) is 106 Å². The quantitative estimate of drug-likeness (QED) is 0.713. The molecule has 2 aromatic heterocycles. The molecule has 0 fully saturated rings. The second-order valence-electron chi connectivity index (χ2n) is 4.07. The summed E-state index contributed by atoms with van der Waals surface area (Å²) in [6, 6.07) is 0. The molecule has 3 heterocycles. The zero-order valence-corrected chi connectivity index (χ0v) is 10.3. The molecule has 8 nitrogen and oxygen atoms in total. The van der Waals surface area contributed by atoms with Gasteiger partial charge in [0.15, 0.2) is 17.3 Å². The minimum absolute atomic E-state index is 0.306. The Morgan fingerprint density at radius 1 is 1.42 bits per heavy atom. The van der Waals surface area contributed by atoms with Crippen LogP contribution in [0.4, 0.5) is 0 Å². The van der Waals surface area contributed by atoms with Crippen molar-refractivity contribution in [2.24, 2.45) is 0 Å². The summed E-state index contributed by atoms with van der Waals surface area (Å²) in [4.78, 5) is 24.5. The number of nitrogens with zero attached hydrogens (tertiary/aromatic N) is 4. The summed E-state index contributed by atoms with van der Waals surface area (Å²) < 4.78 is 4.78. The van der Waals surface area contributed by atoms with Crippen LogP contribution in [0.25, 0.3) is 11.6 Å². The Labute approximate surface area is 108 Å². The van der Waals surface area contributed by atoms with Gasteiger partial charge in [0, 0.05) is 12.1 Å². The Hall–Kier alpha value is -2.35. The molecule has 2 N–H and O–H groups in total. The van der Waals surface area contributed by atoms with Crippen LogP contribution in [-0.2, 0) is 17.7 Å². The Kier molecular flexibility index (Phi) is 2.92. The molecule has 98 valence electrons. The van der Waals surface area contributed by atoms with Crippen LogP contribution in [-0.4, -0.2) is 44.8 Å². The highest BCUT2D eigenvalue weighted by Crippen LogP contribution is 2.20. The summed E-state index contributed by atoms with van der Waals surface area (Å²) in [5, 5.41) is 9.65. The molecule has 0 bridgehead atoms. The zero-order chi connectivity index (χ0) is 13.2. The Morgan fingerprint density at radius 3 is 3.05 bits per heavy atom. The van der Waals surface area contributed by atoms with Gasteiger partial charge in [-0.1, -0.05) is 0 Å². The molecule has 0 amide bonds. The van der Waals surface area contributed by atoms with Gasteiger partial charge in [-0.3, -0.25) is 5.10 Å².